The second-order valence-electron chi connectivity index (χ2n) is 6.71. The molecule has 1 atom stereocenters. The quantitative estimate of drug-likeness (QED) is 0.708. The molecule has 0 bridgehead atoms. The summed E-state index contributed by atoms with van der Waals surface area (Å²) >= 11 is 0. The molecule has 1 unspecified atom stereocenters. The maximum absolute atomic E-state index is 11.3. The van der Waals surface area contributed by atoms with Gasteiger partial charge in [0.25, 0.3) is 0 Å². The van der Waals surface area contributed by atoms with E-state index in [0.29, 0.717) is 0 Å². The zero-order chi connectivity index (χ0) is 19.7. The molecule has 0 fully saturated rings. The molecule has 4 heteroatoms. The van der Waals surface area contributed by atoms with Gasteiger partial charge in [0.05, 0.1) is 0 Å². The summed E-state index contributed by atoms with van der Waals surface area (Å²) in [4.78, 5) is 11.3. The molecule has 1 amide bonds. The van der Waals surface area contributed by atoms with Gasteiger partial charge in [-0.1, -0.05) is 63.9 Å². The topological polar surface area (TPSA) is 50.4 Å². The summed E-state index contributed by atoms with van der Waals surface area (Å²) < 4.78 is 5.14. The normalized spacial score (nSPS) is 11.2. The first-order chi connectivity index (χ1) is 11.8. The van der Waals surface area contributed by atoms with Crippen molar-refractivity contribution in [2.24, 2.45) is 0 Å². The predicted octanol–water partition coefficient (Wildman–Crippen LogP) is 5.52. The summed E-state index contributed by atoms with van der Waals surface area (Å²) in [6.07, 6.45) is 2.98. The van der Waals surface area contributed by atoms with E-state index < -0.39 is 5.60 Å². The molecule has 0 heterocycles. The molecule has 0 spiro atoms. The van der Waals surface area contributed by atoms with Crippen LogP contribution in [0.2, 0.25) is 0 Å². The van der Waals surface area contributed by atoms with Gasteiger partial charge in [0.2, 0.25) is 0 Å². The smallest absolute Gasteiger partial charge is 0.407 e. The van der Waals surface area contributed by atoms with Crippen LogP contribution in [0.25, 0.3) is 0 Å². The van der Waals surface area contributed by atoms with E-state index in [1.54, 1.807) is 0 Å². The van der Waals surface area contributed by atoms with Gasteiger partial charge in [-0.2, -0.15) is 0 Å². The predicted molar refractivity (Wildman–Crippen MR) is 109 cm³/mol. The third-order valence-corrected chi connectivity index (χ3v) is 2.98. The number of alkyl carbamates (subject to hydrolysis) is 1. The van der Waals surface area contributed by atoms with Crippen molar-refractivity contribution in [2.75, 3.05) is 7.05 Å². The maximum atomic E-state index is 11.3. The first-order valence-electron chi connectivity index (χ1n) is 9.46. The van der Waals surface area contributed by atoms with Gasteiger partial charge in [-0.25, -0.2) is 4.79 Å². The Labute approximate surface area is 155 Å². The highest BCUT2D eigenvalue weighted by Crippen LogP contribution is 2.07. The number of hydrogen-bond acceptors (Lipinski definition) is 3. The molecular formula is C21H40N2O2. The number of ether oxygens (including phenoxy) is 1. The Morgan fingerprint density at radius 2 is 1.72 bits per heavy atom. The number of amides is 1. The van der Waals surface area contributed by atoms with Crippen LogP contribution in [0.1, 0.15) is 73.3 Å². The molecule has 1 aromatic carbocycles. The number of carbonyl (C=O) groups excluding carboxylic acids is 1. The maximum Gasteiger partial charge on any atom is 0.407 e. The van der Waals surface area contributed by atoms with E-state index in [1.165, 1.54) is 5.56 Å². The average Bonchev–Trinajstić information content (AvgIpc) is 2.55. The van der Waals surface area contributed by atoms with Crippen molar-refractivity contribution in [3.05, 3.63) is 35.9 Å². The zero-order valence-corrected chi connectivity index (χ0v) is 17.6. The summed E-state index contributed by atoms with van der Waals surface area (Å²) in [5, 5.41) is 5.89. The summed E-state index contributed by atoms with van der Waals surface area (Å²) in [5.41, 5.74) is 0.925. The van der Waals surface area contributed by atoms with E-state index in [9.17, 15) is 4.79 Å². The van der Waals surface area contributed by atoms with Crippen molar-refractivity contribution in [1.82, 2.24) is 10.6 Å². The van der Waals surface area contributed by atoms with Crippen molar-refractivity contribution in [2.45, 2.75) is 85.9 Å². The van der Waals surface area contributed by atoms with E-state index in [-0.39, 0.29) is 12.1 Å². The molecule has 0 saturated heterocycles. The molecule has 0 aliphatic rings. The highest BCUT2D eigenvalue weighted by atomic mass is 16.6. The van der Waals surface area contributed by atoms with Gasteiger partial charge >= 0.3 is 6.09 Å². The lowest BCUT2D eigenvalue weighted by molar-refractivity contribution is 0.0506. The first kappa shape index (κ1) is 25.7. The van der Waals surface area contributed by atoms with Crippen LogP contribution in [0.5, 0.6) is 0 Å². The number of hydrogen-bond donors (Lipinski definition) is 2. The fraction of sp³-hybridized carbons (Fsp3) is 0.667. The van der Waals surface area contributed by atoms with Gasteiger partial charge < -0.3 is 15.4 Å². The number of rotatable bonds is 6. The second-order valence-corrected chi connectivity index (χ2v) is 6.71. The van der Waals surface area contributed by atoms with E-state index in [0.717, 1.165) is 25.8 Å². The van der Waals surface area contributed by atoms with Crippen molar-refractivity contribution in [3.8, 4) is 0 Å². The number of carbonyl (C=O) groups is 1. The molecule has 2 N–H and O–H groups in total. The molecule has 0 aromatic heterocycles. The van der Waals surface area contributed by atoms with Crippen LogP contribution >= 0.6 is 0 Å². The summed E-state index contributed by atoms with van der Waals surface area (Å²) in [5.74, 6) is 0. The SMILES string of the molecule is CC.CCCCC(C)NC(=O)OC(C)(C)C.CNCc1ccccc1. The minimum atomic E-state index is -0.408. The van der Waals surface area contributed by atoms with Gasteiger partial charge in [-0.3, -0.25) is 0 Å². The fourth-order valence-electron chi connectivity index (χ4n) is 1.89. The van der Waals surface area contributed by atoms with E-state index in [2.05, 4.69) is 29.7 Å². The Kier molecular flexibility index (Phi) is 16.4. The van der Waals surface area contributed by atoms with Crippen LogP contribution in [-0.2, 0) is 11.3 Å². The molecule has 1 aromatic rings. The Hall–Kier alpha value is -1.55. The monoisotopic (exact) mass is 352 g/mol. The van der Waals surface area contributed by atoms with Crippen LogP contribution in [0.4, 0.5) is 4.79 Å². The second kappa shape index (κ2) is 15.9. The molecule has 0 aliphatic heterocycles. The highest BCUT2D eigenvalue weighted by Gasteiger charge is 2.17. The minimum Gasteiger partial charge on any atom is -0.444 e. The lowest BCUT2D eigenvalue weighted by Gasteiger charge is -2.21. The molecule has 25 heavy (non-hydrogen) atoms. The molecule has 4 nitrogen and oxygen atoms in total. The van der Waals surface area contributed by atoms with Gasteiger partial charge in [0.15, 0.2) is 0 Å². The largest absolute Gasteiger partial charge is 0.444 e. The molecule has 146 valence electrons. The van der Waals surface area contributed by atoms with E-state index in [1.807, 2.05) is 66.8 Å². The van der Waals surface area contributed by atoms with Crippen LogP contribution in [-0.4, -0.2) is 24.8 Å². The van der Waals surface area contributed by atoms with Crippen molar-refractivity contribution in [3.63, 3.8) is 0 Å². The molecule has 0 aliphatic carbocycles. The van der Waals surface area contributed by atoms with Crippen molar-refractivity contribution in [1.29, 1.82) is 0 Å². The van der Waals surface area contributed by atoms with E-state index in [4.69, 9.17) is 4.74 Å². The Morgan fingerprint density at radius 1 is 1.16 bits per heavy atom. The minimum absolute atomic E-state index is 0.199. The van der Waals surface area contributed by atoms with Gasteiger partial charge in [0.1, 0.15) is 5.60 Å². The third-order valence-electron chi connectivity index (χ3n) is 2.98. The Bertz CT molecular complexity index is 414. The number of benzene rings is 1. The summed E-state index contributed by atoms with van der Waals surface area (Å²) in [7, 11) is 1.95. The Balaban J connectivity index is 0. The van der Waals surface area contributed by atoms with Crippen molar-refractivity contribution >= 4 is 6.09 Å². The highest BCUT2D eigenvalue weighted by molar-refractivity contribution is 5.67. The van der Waals surface area contributed by atoms with Crippen LogP contribution < -0.4 is 10.6 Å². The van der Waals surface area contributed by atoms with Gasteiger partial charge in [-0.15, -0.1) is 0 Å². The average molecular weight is 353 g/mol. The lowest BCUT2D eigenvalue weighted by atomic mass is 10.1. The molecule has 0 saturated carbocycles. The lowest BCUT2D eigenvalue weighted by Crippen LogP contribution is -2.37. The van der Waals surface area contributed by atoms with Crippen LogP contribution in [0, 0.1) is 0 Å². The Morgan fingerprint density at radius 3 is 2.16 bits per heavy atom. The van der Waals surface area contributed by atoms with Crippen LogP contribution in [0.15, 0.2) is 30.3 Å². The molecule has 0 radical (unpaired) electrons. The zero-order valence-electron chi connectivity index (χ0n) is 17.6. The first-order valence-corrected chi connectivity index (χ1v) is 9.46. The fourth-order valence-corrected chi connectivity index (χ4v) is 1.89. The van der Waals surface area contributed by atoms with Gasteiger partial charge in [-0.05, 0) is 46.7 Å². The van der Waals surface area contributed by atoms with Gasteiger partial charge in [0, 0.05) is 12.6 Å². The number of nitrogens with one attached hydrogen (secondary N) is 2. The van der Waals surface area contributed by atoms with E-state index >= 15 is 0 Å². The van der Waals surface area contributed by atoms with Crippen LogP contribution in [0.3, 0.4) is 0 Å². The number of unbranched alkanes of at least 4 members (excludes halogenated alkanes) is 1. The standard InChI is InChI=1S/C11H23NO2.C8H11N.C2H6/c1-6-7-8-9(2)12-10(13)14-11(3,4)5;1-9-7-8-5-3-2-4-6-8;1-2/h9H,6-8H2,1-5H3,(H,12,13);2-6,9H,7H2,1H3;1-2H3. The molecular weight excluding hydrogens is 312 g/mol. The van der Waals surface area contributed by atoms with Crippen molar-refractivity contribution < 1.29 is 9.53 Å². The molecule has 1 rings (SSSR count). The summed E-state index contributed by atoms with van der Waals surface area (Å²) in [6.45, 7) is 14.7. The summed E-state index contributed by atoms with van der Waals surface area (Å²) in [6, 6.07) is 10.5. The third kappa shape index (κ3) is 18.6.